The van der Waals surface area contributed by atoms with Crippen molar-refractivity contribution in [1.82, 2.24) is 0 Å². The number of nitrogens with two attached hydrogens (primary N) is 1. The first-order valence-corrected chi connectivity index (χ1v) is 6.70. The highest BCUT2D eigenvalue weighted by molar-refractivity contribution is 8.13. The fourth-order valence-electron chi connectivity index (χ4n) is 1.18. The topological polar surface area (TPSA) is 52.3 Å². The summed E-state index contributed by atoms with van der Waals surface area (Å²) >= 11 is 1.36. The summed E-state index contributed by atoms with van der Waals surface area (Å²) in [5.74, 6) is 1.63. The number of hydrogen-bond donors (Lipinski definition) is 1. The minimum atomic E-state index is 0. The second-order valence-corrected chi connectivity index (χ2v) is 5.02. The average molecular weight is 290 g/mol. The van der Waals surface area contributed by atoms with E-state index in [1.54, 1.807) is 0 Å². The molecule has 0 fully saturated rings. The van der Waals surface area contributed by atoms with Crippen LogP contribution >= 0.6 is 24.2 Å². The first kappa shape index (κ1) is 17.3. The number of benzene rings is 1. The maximum atomic E-state index is 11.4. The first-order valence-electron chi connectivity index (χ1n) is 5.72. The Morgan fingerprint density at radius 2 is 1.94 bits per heavy atom. The monoisotopic (exact) mass is 289 g/mol. The van der Waals surface area contributed by atoms with Crippen LogP contribution in [0, 0.1) is 5.92 Å². The van der Waals surface area contributed by atoms with Crippen LogP contribution in [0.3, 0.4) is 0 Å². The van der Waals surface area contributed by atoms with Crippen molar-refractivity contribution >= 4 is 29.3 Å². The van der Waals surface area contributed by atoms with Gasteiger partial charge in [-0.25, -0.2) is 0 Å². The van der Waals surface area contributed by atoms with Crippen LogP contribution < -0.4 is 10.5 Å². The molecule has 0 spiro atoms. The molecule has 0 aliphatic carbocycles. The van der Waals surface area contributed by atoms with Crippen molar-refractivity contribution in [2.75, 3.05) is 13.2 Å². The summed E-state index contributed by atoms with van der Waals surface area (Å²) < 4.78 is 5.38. The molecule has 0 aliphatic heterocycles. The van der Waals surface area contributed by atoms with Crippen LogP contribution in [0.2, 0.25) is 0 Å². The van der Waals surface area contributed by atoms with Gasteiger partial charge in [-0.3, -0.25) is 4.79 Å². The highest BCUT2D eigenvalue weighted by Gasteiger charge is 2.07. The highest BCUT2D eigenvalue weighted by atomic mass is 35.5. The number of thioether (sulfide) groups is 1. The lowest BCUT2D eigenvalue weighted by molar-refractivity contribution is -0.113. The van der Waals surface area contributed by atoms with E-state index in [0.717, 1.165) is 11.3 Å². The average Bonchev–Trinajstić information content (AvgIpc) is 2.34. The lowest BCUT2D eigenvalue weighted by atomic mass is 10.2. The van der Waals surface area contributed by atoms with E-state index in [-0.39, 0.29) is 23.4 Å². The molecule has 0 aromatic heterocycles. The number of carbonyl (C=O) groups excluding carboxylic acids is 1. The predicted octanol–water partition coefficient (Wildman–Crippen LogP) is 2.86. The molecule has 0 atom stereocenters. The van der Waals surface area contributed by atoms with E-state index in [2.05, 4.69) is 0 Å². The molecule has 0 bridgehead atoms. The molecule has 0 saturated carbocycles. The van der Waals surface area contributed by atoms with Gasteiger partial charge < -0.3 is 10.5 Å². The van der Waals surface area contributed by atoms with E-state index in [4.69, 9.17) is 10.5 Å². The summed E-state index contributed by atoms with van der Waals surface area (Å²) in [5.41, 5.74) is 6.48. The second-order valence-electron chi connectivity index (χ2n) is 4.04. The van der Waals surface area contributed by atoms with E-state index in [1.807, 2.05) is 38.1 Å². The molecule has 0 saturated heterocycles. The van der Waals surface area contributed by atoms with Crippen LogP contribution in [-0.2, 0) is 10.5 Å². The van der Waals surface area contributed by atoms with Gasteiger partial charge in [0.15, 0.2) is 5.12 Å². The van der Waals surface area contributed by atoms with Crippen LogP contribution in [-0.4, -0.2) is 18.3 Å². The zero-order chi connectivity index (χ0) is 12.7. The minimum Gasteiger partial charge on any atom is -0.492 e. The number of carbonyl (C=O) groups is 1. The molecule has 18 heavy (non-hydrogen) atoms. The van der Waals surface area contributed by atoms with E-state index in [9.17, 15) is 4.79 Å². The van der Waals surface area contributed by atoms with Gasteiger partial charge in [0.2, 0.25) is 0 Å². The first-order chi connectivity index (χ1) is 8.13. The molecule has 2 N–H and O–H groups in total. The highest BCUT2D eigenvalue weighted by Crippen LogP contribution is 2.19. The molecule has 0 unspecified atom stereocenters. The normalized spacial score (nSPS) is 10.0. The summed E-state index contributed by atoms with van der Waals surface area (Å²) in [6.45, 7) is 4.87. The Labute approximate surface area is 119 Å². The Morgan fingerprint density at radius 3 is 2.44 bits per heavy atom. The number of ether oxygens (including phenoxy) is 1. The number of halogens is 1. The molecule has 1 aromatic carbocycles. The van der Waals surface area contributed by atoms with Crippen molar-refractivity contribution in [2.45, 2.75) is 19.6 Å². The number of rotatable bonds is 6. The standard InChI is InChI=1S/C13H19NO2S.ClH/c1-10(2)13(15)17-9-11-3-5-12(6-4-11)16-8-7-14;/h3-6,10H,7-9,14H2,1-2H3;1H. The van der Waals surface area contributed by atoms with Crippen LogP contribution in [0.4, 0.5) is 0 Å². The largest absolute Gasteiger partial charge is 0.492 e. The zero-order valence-electron chi connectivity index (χ0n) is 10.7. The van der Waals surface area contributed by atoms with Crippen molar-refractivity contribution in [3.63, 3.8) is 0 Å². The van der Waals surface area contributed by atoms with Gasteiger partial charge in [0.05, 0.1) is 0 Å². The van der Waals surface area contributed by atoms with Crippen molar-refractivity contribution in [3.8, 4) is 5.75 Å². The molecule has 0 radical (unpaired) electrons. The molecule has 5 heteroatoms. The molecule has 0 aliphatic rings. The van der Waals surface area contributed by atoms with E-state index in [1.165, 1.54) is 11.8 Å². The van der Waals surface area contributed by atoms with Gasteiger partial charge in [-0.05, 0) is 17.7 Å². The molecule has 3 nitrogen and oxygen atoms in total. The molecule has 1 rings (SSSR count). The van der Waals surface area contributed by atoms with Gasteiger partial charge >= 0.3 is 0 Å². The summed E-state index contributed by atoms with van der Waals surface area (Å²) in [6.07, 6.45) is 0. The molecule has 1 aromatic rings. The molecular weight excluding hydrogens is 270 g/mol. The van der Waals surface area contributed by atoms with Crippen molar-refractivity contribution in [2.24, 2.45) is 11.7 Å². The third kappa shape index (κ3) is 6.28. The maximum absolute atomic E-state index is 11.4. The summed E-state index contributed by atoms with van der Waals surface area (Å²) in [5, 5.41) is 0.230. The van der Waals surface area contributed by atoms with E-state index < -0.39 is 0 Å². The Balaban J connectivity index is 0.00000289. The van der Waals surface area contributed by atoms with Gasteiger partial charge in [0, 0.05) is 18.2 Å². The van der Waals surface area contributed by atoms with Crippen LogP contribution in [0.15, 0.2) is 24.3 Å². The predicted molar refractivity (Wildman–Crippen MR) is 79.4 cm³/mol. The zero-order valence-corrected chi connectivity index (χ0v) is 12.4. The molecule has 102 valence electrons. The molecular formula is C13H20ClNO2S. The maximum Gasteiger partial charge on any atom is 0.191 e. The van der Waals surface area contributed by atoms with Crippen LogP contribution in [0.25, 0.3) is 0 Å². The fourth-order valence-corrected chi connectivity index (χ4v) is 2.01. The van der Waals surface area contributed by atoms with Gasteiger partial charge in [0.25, 0.3) is 0 Å². The summed E-state index contributed by atoms with van der Waals surface area (Å²) in [7, 11) is 0. The Hall–Kier alpha value is -0.710. The van der Waals surface area contributed by atoms with Gasteiger partial charge in [-0.15, -0.1) is 12.4 Å². The van der Waals surface area contributed by atoms with E-state index >= 15 is 0 Å². The third-order valence-corrected chi connectivity index (χ3v) is 3.40. The van der Waals surface area contributed by atoms with Crippen LogP contribution in [0.5, 0.6) is 5.75 Å². The molecule has 0 heterocycles. The SMILES string of the molecule is CC(C)C(=O)SCc1ccc(OCCN)cc1.Cl. The lowest BCUT2D eigenvalue weighted by Gasteiger charge is -2.06. The fraction of sp³-hybridized carbons (Fsp3) is 0.462. The second kappa shape index (κ2) is 9.25. The quantitative estimate of drug-likeness (QED) is 0.875. The van der Waals surface area contributed by atoms with Gasteiger partial charge in [-0.2, -0.15) is 0 Å². The van der Waals surface area contributed by atoms with Crippen molar-refractivity contribution in [1.29, 1.82) is 0 Å². The summed E-state index contributed by atoms with van der Waals surface area (Å²) in [4.78, 5) is 11.4. The Bertz CT molecular complexity index is 355. The minimum absolute atomic E-state index is 0. The van der Waals surface area contributed by atoms with Crippen molar-refractivity contribution < 1.29 is 9.53 Å². The lowest BCUT2D eigenvalue weighted by Crippen LogP contribution is -2.10. The number of hydrogen-bond acceptors (Lipinski definition) is 4. The summed E-state index contributed by atoms with van der Waals surface area (Å²) in [6, 6.07) is 7.77. The van der Waals surface area contributed by atoms with Gasteiger partial charge in [-0.1, -0.05) is 37.7 Å². The Morgan fingerprint density at radius 1 is 1.33 bits per heavy atom. The Kier molecular flexibility index (Phi) is 8.89. The van der Waals surface area contributed by atoms with Crippen LogP contribution in [0.1, 0.15) is 19.4 Å². The smallest absolute Gasteiger partial charge is 0.191 e. The molecule has 0 amide bonds. The van der Waals surface area contributed by atoms with Crippen molar-refractivity contribution in [3.05, 3.63) is 29.8 Å². The van der Waals surface area contributed by atoms with E-state index in [0.29, 0.717) is 18.9 Å². The third-order valence-electron chi connectivity index (χ3n) is 2.16. The van der Waals surface area contributed by atoms with Gasteiger partial charge in [0.1, 0.15) is 12.4 Å².